The Balaban J connectivity index is 2.40. The molecule has 0 spiro atoms. The topological polar surface area (TPSA) is 17.1 Å². The fourth-order valence-corrected chi connectivity index (χ4v) is 2.28. The van der Waals surface area contributed by atoms with Crippen molar-refractivity contribution in [3.63, 3.8) is 0 Å². The van der Waals surface area contributed by atoms with Crippen molar-refractivity contribution in [2.75, 3.05) is 0 Å². The summed E-state index contributed by atoms with van der Waals surface area (Å²) >= 11 is 1.38. The summed E-state index contributed by atoms with van der Waals surface area (Å²) in [6, 6.07) is 4.83. The van der Waals surface area contributed by atoms with Crippen LogP contribution in [0.5, 0.6) is 0 Å². The summed E-state index contributed by atoms with van der Waals surface area (Å²) in [6.07, 6.45) is -4.38. The summed E-state index contributed by atoms with van der Waals surface area (Å²) in [4.78, 5) is 12.0. The van der Waals surface area contributed by atoms with Gasteiger partial charge in [-0.05, 0) is 36.1 Å². The zero-order valence-electron chi connectivity index (χ0n) is 9.41. The van der Waals surface area contributed by atoms with E-state index in [1.807, 2.05) is 0 Å². The quantitative estimate of drug-likeness (QED) is 0.743. The number of thiophene rings is 1. The molecule has 0 bridgehead atoms. The molecule has 1 nitrogen and oxygen atoms in total. The highest BCUT2D eigenvalue weighted by Crippen LogP contribution is 2.30. The highest BCUT2D eigenvalue weighted by atomic mass is 32.1. The molecule has 0 atom stereocenters. The van der Waals surface area contributed by atoms with Gasteiger partial charge in [-0.1, -0.05) is 6.07 Å². The Labute approximate surface area is 106 Å². The van der Waals surface area contributed by atoms with Crippen molar-refractivity contribution in [1.29, 1.82) is 0 Å². The standard InChI is InChI=1S/C13H9F3OS/c1-8-6-10(13(14,15)16)2-3-11(8)12(17)9-4-5-18-7-9/h2-7H,1H3. The van der Waals surface area contributed by atoms with E-state index in [1.165, 1.54) is 24.3 Å². The van der Waals surface area contributed by atoms with Crippen molar-refractivity contribution in [3.05, 3.63) is 57.3 Å². The van der Waals surface area contributed by atoms with Crippen molar-refractivity contribution >= 4 is 17.1 Å². The Kier molecular flexibility index (Phi) is 3.26. The van der Waals surface area contributed by atoms with E-state index in [-0.39, 0.29) is 5.78 Å². The van der Waals surface area contributed by atoms with Crippen LogP contribution in [0.4, 0.5) is 13.2 Å². The normalized spacial score (nSPS) is 11.6. The first-order chi connectivity index (χ1) is 8.39. The van der Waals surface area contributed by atoms with E-state index >= 15 is 0 Å². The predicted molar refractivity (Wildman–Crippen MR) is 63.9 cm³/mol. The van der Waals surface area contributed by atoms with Gasteiger partial charge in [0.1, 0.15) is 0 Å². The molecule has 0 aliphatic carbocycles. The monoisotopic (exact) mass is 270 g/mol. The maximum atomic E-state index is 12.5. The second-order valence-electron chi connectivity index (χ2n) is 3.87. The van der Waals surface area contributed by atoms with Gasteiger partial charge in [-0.2, -0.15) is 24.5 Å². The van der Waals surface area contributed by atoms with E-state index in [9.17, 15) is 18.0 Å². The van der Waals surface area contributed by atoms with Crippen LogP contribution in [0.1, 0.15) is 27.0 Å². The van der Waals surface area contributed by atoms with E-state index < -0.39 is 11.7 Å². The molecule has 0 radical (unpaired) electrons. The van der Waals surface area contributed by atoms with Gasteiger partial charge in [0.2, 0.25) is 0 Å². The molecule has 0 aliphatic heterocycles. The minimum absolute atomic E-state index is 0.248. The molecule has 0 saturated carbocycles. The molecule has 18 heavy (non-hydrogen) atoms. The fourth-order valence-electron chi connectivity index (χ4n) is 1.64. The molecule has 0 N–H and O–H groups in total. The summed E-state index contributed by atoms with van der Waals surface area (Å²) in [5, 5.41) is 3.44. The largest absolute Gasteiger partial charge is 0.416 e. The molecule has 1 aromatic carbocycles. The Morgan fingerprint density at radius 2 is 1.94 bits per heavy atom. The highest BCUT2D eigenvalue weighted by molar-refractivity contribution is 7.08. The Bertz CT molecular complexity index is 570. The molecule has 2 aromatic rings. The third-order valence-corrected chi connectivity index (χ3v) is 3.26. The second kappa shape index (κ2) is 4.57. The molecule has 0 aliphatic rings. The number of carbonyl (C=O) groups excluding carboxylic acids is 1. The molecule has 94 valence electrons. The summed E-state index contributed by atoms with van der Waals surface area (Å²) in [7, 11) is 0. The highest BCUT2D eigenvalue weighted by Gasteiger charge is 2.31. The Morgan fingerprint density at radius 1 is 1.22 bits per heavy atom. The molecule has 1 aromatic heterocycles. The Hall–Kier alpha value is -1.62. The van der Waals surface area contributed by atoms with Crippen molar-refractivity contribution in [2.45, 2.75) is 13.1 Å². The molecule has 5 heteroatoms. The molecule has 0 unspecified atom stereocenters. The number of ketones is 1. The summed E-state index contributed by atoms with van der Waals surface area (Å²) in [6.45, 7) is 1.51. The molecule has 0 amide bonds. The number of benzene rings is 1. The number of carbonyl (C=O) groups is 1. The molecule has 2 rings (SSSR count). The smallest absolute Gasteiger partial charge is 0.289 e. The van der Waals surface area contributed by atoms with Crippen LogP contribution < -0.4 is 0 Å². The lowest BCUT2D eigenvalue weighted by molar-refractivity contribution is -0.137. The van der Waals surface area contributed by atoms with Crippen LogP contribution in [-0.2, 0) is 6.18 Å². The van der Waals surface area contributed by atoms with E-state index in [0.29, 0.717) is 16.7 Å². The van der Waals surface area contributed by atoms with Crippen molar-refractivity contribution in [2.24, 2.45) is 0 Å². The molecule has 0 saturated heterocycles. The summed E-state index contributed by atoms with van der Waals surface area (Å²) in [5.74, 6) is -0.248. The number of alkyl halides is 3. The summed E-state index contributed by atoms with van der Waals surface area (Å²) < 4.78 is 37.5. The van der Waals surface area contributed by atoms with Crippen LogP contribution in [0, 0.1) is 6.92 Å². The first-order valence-corrected chi connectivity index (χ1v) is 6.08. The van der Waals surface area contributed by atoms with Gasteiger partial charge in [-0.25, -0.2) is 0 Å². The van der Waals surface area contributed by atoms with Crippen molar-refractivity contribution in [1.82, 2.24) is 0 Å². The number of aryl methyl sites for hydroxylation is 1. The zero-order chi connectivity index (χ0) is 13.3. The van der Waals surface area contributed by atoms with Gasteiger partial charge in [0.25, 0.3) is 0 Å². The van der Waals surface area contributed by atoms with Gasteiger partial charge in [-0.15, -0.1) is 0 Å². The summed E-state index contributed by atoms with van der Waals surface area (Å²) in [5.41, 5.74) is 0.409. The SMILES string of the molecule is Cc1cc(C(F)(F)F)ccc1C(=O)c1ccsc1. The van der Waals surface area contributed by atoms with Gasteiger partial charge < -0.3 is 0 Å². The lowest BCUT2D eigenvalue weighted by atomic mass is 9.99. The minimum atomic E-state index is -4.38. The van der Waals surface area contributed by atoms with Crippen molar-refractivity contribution < 1.29 is 18.0 Å². The van der Waals surface area contributed by atoms with E-state index in [2.05, 4.69) is 0 Å². The van der Waals surface area contributed by atoms with Gasteiger partial charge in [0, 0.05) is 16.5 Å². The second-order valence-corrected chi connectivity index (χ2v) is 4.65. The van der Waals surface area contributed by atoms with Crippen LogP contribution in [-0.4, -0.2) is 5.78 Å². The number of hydrogen-bond acceptors (Lipinski definition) is 2. The molecule has 0 fully saturated rings. The van der Waals surface area contributed by atoms with E-state index in [0.717, 1.165) is 12.1 Å². The number of halogens is 3. The average Bonchev–Trinajstić information content (AvgIpc) is 2.80. The first kappa shape index (κ1) is 12.8. The van der Waals surface area contributed by atoms with Gasteiger partial charge in [-0.3, -0.25) is 4.79 Å². The maximum Gasteiger partial charge on any atom is 0.416 e. The minimum Gasteiger partial charge on any atom is -0.289 e. The molecular formula is C13H9F3OS. The number of rotatable bonds is 2. The van der Waals surface area contributed by atoms with Gasteiger partial charge in [0.15, 0.2) is 5.78 Å². The number of hydrogen-bond donors (Lipinski definition) is 0. The third-order valence-electron chi connectivity index (χ3n) is 2.58. The van der Waals surface area contributed by atoms with Crippen LogP contribution >= 0.6 is 11.3 Å². The fraction of sp³-hybridized carbons (Fsp3) is 0.154. The predicted octanol–water partition coefficient (Wildman–Crippen LogP) is 4.31. The van der Waals surface area contributed by atoms with Crippen LogP contribution in [0.25, 0.3) is 0 Å². The lowest BCUT2D eigenvalue weighted by Gasteiger charge is -2.10. The van der Waals surface area contributed by atoms with Crippen LogP contribution in [0.2, 0.25) is 0 Å². The van der Waals surface area contributed by atoms with Gasteiger partial charge in [0.05, 0.1) is 5.56 Å². The third kappa shape index (κ3) is 2.46. The Morgan fingerprint density at radius 3 is 2.44 bits per heavy atom. The zero-order valence-corrected chi connectivity index (χ0v) is 10.2. The maximum absolute atomic E-state index is 12.5. The molecular weight excluding hydrogens is 261 g/mol. The average molecular weight is 270 g/mol. The van der Waals surface area contributed by atoms with E-state index in [1.54, 1.807) is 16.8 Å². The lowest BCUT2D eigenvalue weighted by Crippen LogP contribution is -2.08. The first-order valence-electron chi connectivity index (χ1n) is 5.14. The van der Waals surface area contributed by atoms with Crippen molar-refractivity contribution in [3.8, 4) is 0 Å². The molecule has 1 heterocycles. The van der Waals surface area contributed by atoms with Gasteiger partial charge >= 0.3 is 6.18 Å². The van der Waals surface area contributed by atoms with Crippen LogP contribution in [0.15, 0.2) is 35.0 Å². The van der Waals surface area contributed by atoms with Crippen LogP contribution in [0.3, 0.4) is 0 Å². The van der Waals surface area contributed by atoms with E-state index in [4.69, 9.17) is 0 Å².